The SMILES string of the molecule is CC(NC(=O)c1cccc(OCCBr)c1)C1CC1. The van der Waals surface area contributed by atoms with Crippen LogP contribution in [0.2, 0.25) is 0 Å². The van der Waals surface area contributed by atoms with E-state index in [9.17, 15) is 4.79 Å². The lowest BCUT2D eigenvalue weighted by molar-refractivity contribution is 0.0935. The van der Waals surface area contributed by atoms with E-state index in [1.165, 1.54) is 12.8 Å². The molecule has 0 spiro atoms. The zero-order valence-electron chi connectivity index (χ0n) is 10.5. The third kappa shape index (κ3) is 3.73. The summed E-state index contributed by atoms with van der Waals surface area (Å²) in [6, 6.07) is 7.59. The Morgan fingerprint density at radius 1 is 1.56 bits per heavy atom. The number of carbonyl (C=O) groups is 1. The van der Waals surface area contributed by atoms with Gasteiger partial charge in [0.1, 0.15) is 5.75 Å². The van der Waals surface area contributed by atoms with Crippen LogP contribution in [0.5, 0.6) is 5.75 Å². The monoisotopic (exact) mass is 311 g/mol. The van der Waals surface area contributed by atoms with Gasteiger partial charge in [-0.1, -0.05) is 22.0 Å². The number of alkyl halides is 1. The second kappa shape index (κ2) is 6.23. The quantitative estimate of drug-likeness (QED) is 0.820. The second-order valence-electron chi connectivity index (χ2n) is 4.66. The lowest BCUT2D eigenvalue weighted by atomic mass is 10.1. The molecule has 0 radical (unpaired) electrons. The van der Waals surface area contributed by atoms with Gasteiger partial charge in [0, 0.05) is 16.9 Å². The van der Waals surface area contributed by atoms with Gasteiger partial charge in [-0.05, 0) is 43.9 Å². The van der Waals surface area contributed by atoms with Crippen LogP contribution in [-0.4, -0.2) is 23.9 Å². The van der Waals surface area contributed by atoms with E-state index in [0.29, 0.717) is 18.1 Å². The molecule has 1 aliphatic carbocycles. The van der Waals surface area contributed by atoms with Crippen molar-refractivity contribution in [2.45, 2.75) is 25.8 Å². The van der Waals surface area contributed by atoms with Crippen molar-refractivity contribution in [2.24, 2.45) is 5.92 Å². The molecular formula is C14H18BrNO2. The molecule has 1 amide bonds. The van der Waals surface area contributed by atoms with Crippen LogP contribution in [0, 0.1) is 5.92 Å². The standard InChI is InChI=1S/C14H18BrNO2/c1-10(11-5-6-11)16-14(17)12-3-2-4-13(9-12)18-8-7-15/h2-4,9-11H,5-8H2,1H3,(H,16,17). The molecule has 0 bridgehead atoms. The third-order valence-electron chi connectivity index (χ3n) is 3.13. The van der Waals surface area contributed by atoms with Crippen LogP contribution in [0.4, 0.5) is 0 Å². The fourth-order valence-electron chi connectivity index (χ4n) is 1.89. The van der Waals surface area contributed by atoms with Crippen LogP contribution in [-0.2, 0) is 0 Å². The zero-order valence-corrected chi connectivity index (χ0v) is 12.1. The maximum atomic E-state index is 12.0. The summed E-state index contributed by atoms with van der Waals surface area (Å²) in [6.45, 7) is 2.67. The Labute approximate surface area is 116 Å². The fraction of sp³-hybridized carbons (Fsp3) is 0.500. The number of carbonyl (C=O) groups excluding carboxylic acids is 1. The van der Waals surface area contributed by atoms with Crippen LogP contribution >= 0.6 is 15.9 Å². The van der Waals surface area contributed by atoms with Gasteiger partial charge in [0.05, 0.1) is 6.61 Å². The first-order valence-electron chi connectivity index (χ1n) is 6.30. The summed E-state index contributed by atoms with van der Waals surface area (Å²) in [5.74, 6) is 1.39. The Hall–Kier alpha value is -1.03. The molecule has 98 valence electrons. The number of halogens is 1. The summed E-state index contributed by atoms with van der Waals surface area (Å²) in [4.78, 5) is 12.0. The highest BCUT2D eigenvalue weighted by Gasteiger charge is 2.29. The Balaban J connectivity index is 1.95. The van der Waals surface area contributed by atoms with Gasteiger partial charge in [-0.25, -0.2) is 0 Å². The molecule has 1 unspecified atom stereocenters. The number of hydrogen-bond acceptors (Lipinski definition) is 2. The van der Waals surface area contributed by atoms with Crippen molar-refractivity contribution in [3.63, 3.8) is 0 Å². The first-order valence-corrected chi connectivity index (χ1v) is 7.42. The number of rotatable bonds is 6. The summed E-state index contributed by atoms with van der Waals surface area (Å²) in [5, 5.41) is 3.82. The maximum Gasteiger partial charge on any atom is 0.251 e. The largest absolute Gasteiger partial charge is 0.493 e. The lowest BCUT2D eigenvalue weighted by Gasteiger charge is -2.13. The molecule has 1 saturated carbocycles. The predicted molar refractivity (Wildman–Crippen MR) is 75.4 cm³/mol. The molecule has 0 saturated heterocycles. The topological polar surface area (TPSA) is 38.3 Å². The highest BCUT2D eigenvalue weighted by atomic mass is 79.9. The zero-order chi connectivity index (χ0) is 13.0. The van der Waals surface area contributed by atoms with E-state index in [1.807, 2.05) is 18.2 Å². The molecule has 0 aliphatic heterocycles. The van der Waals surface area contributed by atoms with E-state index in [0.717, 1.165) is 11.1 Å². The van der Waals surface area contributed by atoms with Crippen molar-refractivity contribution in [1.29, 1.82) is 0 Å². The van der Waals surface area contributed by atoms with Crippen LogP contribution < -0.4 is 10.1 Å². The average molecular weight is 312 g/mol. The molecule has 0 aromatic heterocycles. The van der Waals surface area contributed by atoms with Crippen molar-refractivity contribution >= 4 is 21.8 Å². The second-order valence-corrected chi connectivity index (χ2v) is 5.46. The molecule has 0 heterocycles. The summed E-state index contributed by atoms with van der Waals surface area (Å²) >= 11 is 3.31. The van der Waals surface area contributed by atoms with Gasteiger partial charge in [-0.3, -0.25) is 4.79 Å². The van der Waals surface area contributed by atoms with Gasteiger partial charge in [0.25, 0.3) is 5.91 Å². The molecule has 2 rings (SSSR count). The summed E-state index contributed by atoms with van der Waals surface area (Å²) in [5.41, 5.74) is 0.662. The van der Waals surface area contributed by atoms with E-state index < -0.39 is 0 Å². The minimum absolute atomic E-state index is 0.0151. The van der Waals surface area contributed by atoms with E-state index >= 15 is 0 Å². The summed E-state index contributed by atoms with van der Waals surface area (Å²) < 4.78 is 5.48. The molecule has 1 aromatic rings. The summed E-state index contributed by atoms with van der Waals surface area (Å²) in [6.07, 6.45) is 2.46. The van der Waals surface area contributed by atoms with E-state index in [-0.39, 0.29) is 11.9 Å². The Morgan fingerprint density at radius 3 is 3.00 bits per heavy atom. The Morgan fingerprint density at radius 2 is 2.33 bits per heavy atom. The van der Waals surface area contributed by atoms with Gasteiger partial charge < -0.3 is 10.1 Å². The van der Waals surface area contributed by atoms with Gasteiger partial charge in [-0.2, -0.15) is 0 Å². The molecule has 1 N–H and O–H groups in total. The van der Waals surface area contributed by atoms with E-state index in [2.05, 4.69) is 28.2 Å². The minimum Gasteiger partial charge on any atom is -0.493 e. The van der Waals surface area contributed by atoms with E-state index in [4.69, 9.17) is 4.74 Å². The fourth-order valence-corrected chi connectivity index (χ4v) is 2.05. The number of hydrogen-bond donors (Lipinski definition) is 1. The van der Waals surface area contributed by atoms with Gasteiger partial charge in [0.2, 0.25) is 0 Å². The Kier molecular flexibility index (Phi) is 4.64. The molecule has 1 aromatic carbocycles. The van der Waals surface area contributed by atoms with Gasteiger partial charge in [-0.15, -0.1) is 0 Å². The lowest BCUT2D eigenvalue weighted by Crippen LogP contribution is -2.33. The molecule has 1 aliphatic rings. The summed E-state index contributed by atoms with van der Waals surface area (Å²) in [7, 11) is 0. The van der Waals surface area contributed by atoms with Crippen molar-refractivity contribution < 1.29 is 9.53 Å². The molecular weight excluding hydrogens is 294 g/mol. The molecule has 1 fully saturated rings. The minimum atomic E-state index is -0.0151. The first-order chi connectivity index (χ1) is 8.70. The van der Waals surface area contributed by atoms with Crippen LogP contribution in [0.15, 0.2) is 24.3 Å². The van der Waals surface area contributed by atoms with Crippen molar-refractivity contribution in [1.82, 2.24) is 5.32 Å². The van der Waals surface area contributed by atoms with Crippen LogP contribution in [0.1, 0.15) is 30.1 Å². The maximum absolute atomic E-state index is 12.0. The molecule has 3 nitrogen and oxygen atoms in total. The number of benzene rings is 1. The predicted octanol–water partition coefficient (Wildman–Crippen LogP) is 2.99. The highest BCUT2D eigenvalue weighted by Crippen LogP contribution is 2.32. The Bertz CT molecular complexity index is 418. The van der Waals surface area contributed by atoms with Crippen LogP contribution in [0.3, 0.4) is 0 Å². The molecule has 1 atom stereocenters. The highest BCUT2D eigenvalue weighted by molar-refractivity contribution is 9.09. The van der Waals surface area contributed by atoms with E-state index in [1.54, 1.807) is 6.07 Å². The molecule has 18 heavy (non-hydrogen) atoms. The normalized spacial score (nSPS) is 16.1. The van der Waals surface area contributed by atoms with Crippen molar-refractivity contribution in [3.05, 3.63) is 29.8 Å². The van der Waals surface area contributed by atoms with Gasteiger partial charge in [0.15, 0.2) is 0 Å². The van der Waals surface area contributed by atoms with Crippen molar-refractivity contribution in [3.8, 4) is 5.75 Å². The third-order valence-corrected chi connectivity index (χ3v) is 3.45. The van der Waals surface area contributed by atoms with Crippen LogP contribution in [0.25, 0.3) is 0 Å². The number of nitrogens with one attached hydrogen (secondary N) is 1. The number of amides is 1. The molecule has 4 heteroatoms. The smallest absolute Gasteiger partial charge is 0.251 e. The average Bonchev–Trinajstić information content (AvgIpc) is 3.21. The van der Waals surface area contributed by atoms with Gasteiger partial charge >= 0.3 is 0 Å². The number of ether oxygens (including phenoxy) is 1. The first kappa shape index (κ1) is 13.4. The van der Waals surface area contributed by atoms with Crippen molar-refractivity contribution in [2.75, 3.05) is 11.9 Å².